The van der Waals surface area contributed by atoms with Crippen molar-refractivity contribution in [3.8, 4) is 0 Å². The summed E-state index contributed by atoms with van der Waals surface area (Å²) in [6, 6.07) is 13.6. The van der Waals surface area contributed by atoms with E-state index in [0.717, 1.165) is 5.56 Å². The highest BCUT2D eigenvalue weighted by Crippen LogP contribution is 2.34. The summed E-state index contributed by atoms with van der Waals surface area (Å²) < 4.78 is 5.86. The maximum atomic E-state index is 12.5. The second-order valence-electron chi connectivity index (χ2n) is 5.29. The molecule has 120 valence electrons. The molecule has 1 atom stereocenters. The lowest BCUT2D eigenvalue weighted by atomic mass is 9.91. The van der Waals surface area contributed by atoms with Crippen molar-refractivity contribution in [1.29, 1.82) is 0 Å². The van der Waals surface area contributed by atoms with Gasteiger partial charge in [-0.15, -0.1) is 0 Å². The smallest absolute Gasteiger partial charge is 0.318 e. The highest BCUT2D eigenvalue weighted by molar-refractivity contribution is 9.10. The van der Waals surface area contributed by atoms with Crippen molar-refractivity contribution in [3.05, 3.63) is 74.2 Å². The summed E-state index contributed by atoms with van der Waals surface area (Å²) in [5, 5.41) is 10.9. The van der Waals surface area contributed by atoms with Crippen molar-refractivity contribution in [2.75, 3.05) is 0 Å². The quantitative estimate of drug-likeness (QED) is 0.438. The lowest BCUT2D eigenvalue weighted by Gasteiger charge is -2.19. The normalized spacial score (nSPS) is 12.0. The zero-order valence-electron chi connectivity index (χ0n) is 12.7. The number of carbonyl (C=O) groups is 1. The van der Waals surface area contributed by atoms with E-state index in [1.54, 1.807) is 19.9 Å². The van der Waals surface area contributed by atoms with Crippen LogP contribution in [0, 0.1) is 10.1 Å². The van der Waals surface area contributed by atoms with E-state index in [1.807, 2.05) is 30.3 Å². The Morgan fingerprint density at radius 3 is 2.35 bits per heavy atom. The molecule has 0 heterocycles. The van der Waals surface area contributed by atoms with Crippen LogP contribution in [-0.4, -0.2) is 17.0 Å². The average molecular weight is 378 g/mol. The number of carbonyl (C=O) groups excluding carboxylic acids is 1. The predicted octanol–water partition coefficient (Wildman–Crippen LogP) is 4.44. The molecule has 0 spiro atoms. The topological polar surface area (TPSA) is 69.4 Å². The molecule has 5 nitrogen and oxygen atoms in total. The third-order valence-corrected chi connectivity index (χ3v) is 3.91. The Hall–Kier alpha value is -2.21. The number of non-ortho nitro benzene ring substituents is 1. The first-order valence-corrected chi connectivity index (χ1v) is 7.88. The van der Waals surface area contributed by atoms with Crippen LogP contribution in [0.15, 0.2) is 53.0 Å². The van der Waals surface area contributed by atoms with Gasteiger partial charge in [0.25, 0.3) is 5.69 Å². The summed E-state index contributed by atoms with van der Waals surface area (Å²) in [6.07, 6.45) is -0.245. The number of rotatable bonds is 5. The average Bonchev–Trinajstić information content (AvgIpc) is 2.49. The highest BCUT2D eigenvalue weighted by atomic mass is 79.9. The first-order valence-electron chi connectivity index (χ1n) is 7.09. The molecule has 0 aliphatic heterocycles. The molecule has 0 amide bonds. The van der Waals surface area contributed by atoms with Gasteiger partial charge in [0.1, 0.15) is 5.92 Å². The highest BCUT2D eigenvalue weighted by Gasteiger charge is 2.27. The monoisotopic (exact) mass is 377 g/mol. The molecule has 0 N–H and O–H groups in total. The minimum atomic E-state index is -0.645. The number of hydrogen-bond donors (Lipinski definition) is 0. The van der Waals surface area contributed by atoms with Crippen LogP contribution in [0.2, 0.25) is 0 Å². The molecule has 2 aromatic carbocycles. The molecule has 0 aromatic heterocycles. The third kappa shape index (κ3) is 4.16. The largest absolute Gasteiger partial charge is 0.462 e. The van der Waals surface area contributed by atoms with E-state index >= 15 is 0 Å². The number of ether oxygens (including phenoxy) is 1. The fourth-order valence-corrected chi connectivity index (χ4v) is 2.85. The van der Waals surface area contributed by atoms with E-state index in [1.165, 1.54) is 12.1 Å². The molecule has 0 saturated heterocycles. The van der Waals surface area contributed by atoms with Gasteiger partial charge < -0.3 is 4.74 Å². The van der Waals surface area contributed by atoms with Gasteiger partial charge in [-0.05, 0) is 31.0 Å². The second kappa shape index (κ2) is 7.37. The summed E-state index contributed by atoms with van der Waals surface area (Å²) in [4.78, 5) is 23.0. The summed E-state index contributed by atoms with van der Waals surface area (Å²) in [6.45, 7) is 3.57. The van der Waals surface area contributed by atoms with Crippen LogP contribution >= 0.6 is 15.9 Å². The number of nitrogens with zero attached hydrogens (tertiary/aromatic N) is 1. The number of hydrogen-bond acceptors (Lipinski definition) is 4. The first kappa shape index (κ1) is 17.1. The molecule has 0 unspecified atom stereocenters. The van der Waals surface area contributed by atoms with Crippen LogP contribution in [0.1, 0.15) is 30.9 Å². The minimum absolute atomic E-state index is 0.0373. The van der Waals surface area contributed by atoms with Gasteiger partial charge in [0.2, 0.25) is 0 Å². The van der Waals surface area contributed by atoms with Crippen molar-refractivity contribution < 1.29 is 14.5 Å². The summed E-state index contributed by atoms with van der Waals surface area (Å²) in [5.41, 5.74) is 1.37. The summed E-state index contributed by atoms with van der Waals surface area (Å²) in [5.74, 6) is -1.03. The van der Waals surface area contributed by atoms with Crippen molar-refractivity contribution >= 4 is 27.6 Å². The molecule has 0 bridgehead atoms. The number of esters is 1. The lowest BCUT2D eigenvalue weighted by molar-refractivity contribution is -0.384. The number of nitro benzene ring substituents is 1. The molecule has 0 aliphatic carbocycles. The fraction of sp³-hybridized carbons (Fsp3) is 0.235. The van der Waals surface area contributed by atoms with Gasteiger partial charge >= 0.3 is 5.97 Å². The van der Waals surface area contributed by atoms with E-state index in [4.69, 9.17) is 4.74 Å². The zero-order chi connectivity index (χ0) is 17.0. The molecular formula is C17H16BrNO4. The van der Waals surface area contributed by atoms with Crippen LogP contribution in [-0.2, 0) is 9.53 Å². The van der Waals surface area contributed by atoms with Gasteiger partial charge in [0.15, 0.2) is 0 Å². The molecule has 0 fully saturated rings. The lowest BCUT2D eigenvalue weighted by Crippen LogP contribution is -2.21. The number of benzene rings is 2. The first-order chi connectivity index (χ1) is 10.9. The second-order valence-corrected chi connectivity index (χ2v) is 6.15. The van der Waals surface area contributed by atoms with Gasteiger partial charge in [-0.3, -0.25) is 14.9 Å². The minimum Gasteiger partial charge on any atom is -0.462 e. The van der Waals surface area contributed by atoms with Gasteiger partial charge in [0.05, 0.1) is 11.0 Å². The number of nitro groups is 1. The van der Waals surface area contributed by atoms with Gasteiger partial charge in [-0.1, -0.05) is 46.3 Å². The molecule has 2 rings (SSSR count). The molecule has 0 radical (unpaired) electrons. The Balaban J connectivity index is 2.50. The maximum absolute atomic E-state index is 12.5. The van der Waals surface area contributed by atoms with E-state index in [2.05, 4.69) is 15.9 Å². The standard InChI is InChI=1S/C17H16BrNO4/c1-11(2)23-17(20)16(12-6-4-3-5-7-12)14-9-8-13(19(21)22)10-15(14)18/h3-11,16H,1-2H3/t16-/m0/s1. The van der Waals surface area contributed by atoms with Crippen molar-refractivity contribution in [2.45, 2.75) is 25.9 Å². The van der Waals surface area contributed by atoms with Gasteiger partial charge in [0, 0.05) is 16.6 Å². The fourth-order valence-electron chi connectivity index (χ4n) is 2.25. The summed E-state index contributed by atoms with van der Waals surface area (Å²) >= 11 is 3.34. The molecule has 0 saturated carbocycles. The Bertz CT molecular complexity index is 716. The van der Waals surface area contributed by atoms with Gasteiger partial charge in [-0.2, -0.15) is 0 Å². The third-order valence-electron chi connectivity index (χ3n) is 3.23. The van der Waals surface area contributed by atoms with Crippen LogP contribution < -0.4 is 0 Å². The van der Waals surface area contributed by atoms with Crippen LogP contribution in [0.25, 0.3) is 0 Å². The van der Waals surface area contributed by atoms with E-state index in [-0.39, 0.29) is 17.8 Å². The van der Waals surface area contributed by atoms with E-state index in [9.17, 15) is 14.9 Å². The van der Waals surface area contributed by atoms with E-state index < -0.39 is 10.8 Å². The molecular weight excluding hydrogens is 362 g/mol. The molecule has 0 aliphatic rings. The van der Waals surface area contributed by atoms with Crippen molar-refractivity contribution in [2.24, 2.45) is 0 Å². The van der Waals surface area contributed by atoms with Crippen molar-refractivity contribution in [1.82, 2.24) is 0 Å². The molecule has 6 heteroatoms. The Morgan fingerprint density at radius 1 is 1.17 bits per heavy atom. The SMILES string of the molecule is CC(C)OC(=O)[C@@H](c1ccccc1)c1ccc([N+](=O)[O-])cc1Br. The van der Waals surface area contributed by atoms with Crippen molar-refractivity contribution in [3.63, 3.8) is 0 Å². The molecule has 2 aromatic rings. The van der Waals surface area contributed by atoms with Crippen LogP contribution in [0.3, 0.4) is 0 Å². The van der Waals surface area contributed by atoms with E-state index in [0.29, 0.717) is 10.0 Å². The predicted molar refractivity (Wildman–Crippen MR) is 90.3 cm³/mol. The summed E-state index contributed by atoms with van der Waals surface area (Å²) in [7, 11) is 0. The Kier molecular flexibility index (Phi) is 5.50. The molecule has 23 heavy (non-hydrogen) atoms. The zero-order valence-corrected chi connectivity index (χ0v) is 14.3. The van der Waals surface area contributed by atoms with Gasteiger partial charge in [-0.25, -0.2) is 0 Å². The van der Waals surface area contributed by atoms with Crippen LogP contribution in [0.5, 0.6) is 0 Å². The maximum Gasteiger partial charge on any atom is 0.318 e. The van der Waals surface area contributed by atoms with Crippen LogP contribution in [0.4, 0.5) is 5.69 Å². The number of halogens is 1. The Labute approximate surface area is 142 Å². The Morgan fingerprint density at radius 2 is 1.83 bits per heavy atom.